The normalized spacial score (nSPS) is 15.5. The van der Waals surface area contributed by atoms with Crippen molar-refractivity contribution in [3.8, 4) is 0 Å². The molecule has 120 valence electrons. The van der Waals surface area contributed by atoms with Crippen LogP contribution in [0.15, 0.2) is 0 Å². The van der Waals surface area contributed by atoms with E-state index in [1.165, 1.54) is 17.2 Å². The summed E-state index contributed by atoms with van der Waals surface area (Å²) < 4.78 is 7.78. The Labute approximate surface area is 129 Å². The number of methoxy groups -OCH3 is 1. The van der Waals surface area contributed by atoms with Crippen molar-refractivity contribution in [3.05, 3.63) is 17.2 Å². The summed E-state index contributed by atoms with van der Waals surface area (Å²) in [7, 11) is 1.78. The van der Waals surface area contributed by atoms with E-state index in [-0.39, 0.29) is 5.41 Å². The number of aromatic nitrogens is 2. The zero-order chi connectivity index (χ0) is 15.5. The van der Waals surface area contributed by atoms with Crippen LogP contribution in [0.1, 0.15) is 51.3 Å². The highest BCUT2D eigenvalue weighted by molar-refractivity contribution is 5.21. The molecule has 1 aromatic heterocycles. The van der Waals surface area contributed by atoms with Gasteiger partial charge in [0.05, 0.1) is 5.69 Å². The van der Waals surface area contributed by atoms with Gasteiger partial charge in [0.1, 0.15) is 5.82 Å². The van der Waals surface area contributed by atoms with Gasteiger partial charge in [0, 0.05) is 51.9 Å². The third kappa shape index (κ3) is 4.30. The minimum Gasteiger partial charge on any atom is -0.385 e. The average Bonchev–Trinajstić information content (AvgIpc) is 2.73. The molecule has 0 saturated carbocycles. The number of hydrogen-bond acceptors (Lipinski definition) is 3. The predicted octanol–water partition coefficient (Wildman–Crippen LogP) is 2.79. The van der Waals surface area contributed by atoms with Gasteiger partial charge in [-0.05, 0) is 17.8 Å². The van der Waals surface area contributed by atoms with Gasteiger partial charge in [0.2, 0.25) is 0 Å². The van der Waals surface area contributed by atoms with Gasteiger partial charge in [-0.3, -0.25) is 0 Å². The van der Waals surface area contributed by atoms with Crippen molar-refractivity contribution in [2.24, 2.45) is 11.3 Å². The van der Waals surface area contributed by atoms with Crippen molar-refractivity contribution in [2.75, 3.05) is 20.3 Å². The molecular formula is C17H31N3O. The monoisotopic (exact) mass is 293 g/mol. The molecule has 1 aliphatic heterocycles. The topological polar surface area (TPSA) is 39.1 Å². The van der Waals surface area contributed by atoms with E-state index >= 15 is 0 Å². The molecule has 0 saturated heterocycles. The minimum absolute atomic E-state index is 0.237. The molecule has 0 fully saturated rings. The van der Waals surface area contributed by atoms with E-state index in [9.17, 15) is 0 Å². The van der Waals surface area contributed by atoms with Crippen molar-refractivity contribution in [2.45, 2.75) is 60.0 Å². The second-order valence-corrected chi connectivity index (χ2v) is 7.44. The van der Waals surface area contributed by atoms with E-state index in [2.05, 4.69) is 37.6 Å². The summed E-state index contributed by atoms with van der Waals surface area (Å²) in [6, 6.07) is 0. The Balaban J connectivity index is 2.24. The maximum Gasteiger partial charge on any atom is 0.109 e. The number of fused-ring (bicyclic) bond motifs is 1. The van der Waals surface area contributed by atoms with Gasteiger partial charge in [-0.25, -0.2) is 4.98 Å². The summed E-state index contributed by atoms with van der Waals surface area (Å²) in [6.45, 7) is 13.1. The highest BCUT2D eigenvalue weighted by Gasteiger charge is 2.25. The molecule has 0 bridgehead atoms. The van der Waals surface area contributed by atoms with E-state index in [4.69, 9.17) is 9.72 Å². The van der Waals surface area contributed by atoms with Crippen LogP contribution in [0.25, 0.3) is 0 Å². The van der Waals surface area contributed by atoms with Gasteiger partial charge >= 0.3 is 0 Å². The van der Waals surface area contributed by atoms with E-state index in [0.29, 0.717) is 5.92 Å². The fraction of sp³-hybridized carbons (Fsp3) is 0.824. The maximum atomic E-state index is 5.27. The first kappa shape index (κ1) is 16.5. The Bertz CT molecular complexity index is 463. The molecule has 4 nitrogen and oxygen atoms in total. The highest BCUT2D eigenvalue weighted by atomic mass is 16.5. The molecule has 1 N–H and O–H groups in total. The van der Waals surface area contributed by atoms with Crippen LogP contribution in [0, 0.1) is 11.3 Å². The van der Waals surface area contributed by atoms with E-state index in [1.54, 1.807) is 7.11 Å². The molecule has 2 heterocycles. The second-order valence-electron chi connectivity index (χ2n) is 7.44. The lowest BCUT2D eigenvalue weighted by Gasteiger charge is -2.28. The fourth-order valence-corrected chi connectivity index (χ4v) is 3.02. The van der Waals surface area contributed by atoms with Crippen molar-refractivity contribution in [1.82, 2.24) is 14.9 Å². The first-order valence-corrected chi connectivity index (χ1v) is 8.20. The lowest BCUT2D eigenvalue weighted by atomic mass is 9.89. The zero-order valence-corrected chi connectivity index (χ0v) is 14.3. The predicted molar refractivity (Wildman–Crippen MR) is 86.5 cm³/mol. The molecule has 2 rings (SSSR count). The van der Waals surface area contributed by atoms with Gasteiger partial charge in [-0.15, -0.1) is 0 Å². The molecule has 0 aliphatic carbocycles. The van der Waals surface area contributed by atoms with E-state index in [0.717, 1.165) is 45.5 Å². The summed E-state index contributed by atoms with van der Waals surface area (Å²) in [6.07, 6.45) is 3.24. The molecule has 4 heteroatoms. The van der Waals surface area contributed by atoms with Gasteiger partial charge in [0.25, 0.3) is 0 Å². The molecular weight excluding hydrogens is 262 g/mol. The summed E-state index contributed by atoms with van der Waals surface area (Å²) >= 11 is 0. The summed E-state index contributed by atoms with van der Waals surface area (Å²) in [5.74, 6) is 1.91. The molecule has 0 aromatic carbocycles. The van der Waals surface area contributed by atoms with Crippen molar-refractivity contribution < 1.29 is 4.74 Å². The first-order chi connectivity index (χ1) is 9.93. The van der Waals surface area contributed by atoms with Crippen LogP contribution in [0.4, 0.5) is 0 Å². The first-order valence-electron chi connectivity index (χ1n) is 8.20. The zero-order valence-electron chi connectivity index (χ0n) is 14.3. The second kappa shape index (κ2) is 6.93. The standard InChI is InChI=1S/C17H31N3O/c1-13(2)10-16-19-14-11-18-8-6-15(14)20(16)12-17(3,4)7-9-21-5/h13,18H,6-12H2,1-5H3. The van der Waals surface area contributed by atoms with Crippen LogP contribution in [-0.4, -0.2) is 29.8 Å². The van der Waals surface area contributed by atoms with Crippen LogP contribution in [-0.2, 0) is 30.7 Å². The lowest BCUT2D eigenvalue weighted by Crippen LogP contribution is -2.28. The van der Waals surface area contributed by atoms with Crippen LogP contribution >= 0.6 is 0 Å². The number of nitrogens with one attached hydrogen (secondary N) is 1. The Morgan fingerprint density at radius 1 is 1.38 bits per heavy atom. The average molecular weight is 293 g/mol. The van der Waals surface area contributed by atoms with Gasteiger partial charge in [-0.1, -0.05) is 27.7 Å². The summed E-state index contributed by atoms with van der Waals surface area (Å²) in [4.78, 5) is 4.92. The van der Waals surface area contributed by atoms with Gasteiger partial charge < -0.3 is 14.6 Å². The largest absolute Gasteiger partial charge is 0.385 e. The molecule has 0 unspecified atom stereocenters. The SMILES string of the molecule is COCCC(C)(C)Cn1c(CC(C)C)nc2c1CCNC2. The molecule has 1 aliphatic rings. The molecule has 0 atom stereocenters. The lowest BCUT2D eigenvalue weighted by molar-refractivity contribution is 0.141. The van der Waals surface area contributed by atoms with Crippen LogP contribution in [0.3, 0.4) is 0 Å². The number of hydrogen-bond donors (Lipinski definition) is 1. The summed E-state index contributed by atoms with van der Waals surface area (Å²) in [5.41, 5.74) is 2.95. The Hall–Kier alpha value is -0.870. The number of nitrogens with zero attached hydrogens (tertiary/aromatic N) is 2. The van der Waals surface area contributed by atoms with Crippen LogP contribution in [0.2, 0.25) is 0 Å². The van der Waals surface area contributed by atoms with Crippen molar-refractivity contribution in [1.29, 1.82) is 0 Å². The van der Waals surface area contributed by atoms with E-state index in [1.807, 2.05) is 0 Å². The van der Waals surface area contributed by atoms with Gasteiger partial charge in [-0.2, -0.15) is 0 Å². The van der Waals surface area contributed by atoms with Crippen LogP contribution < -0.4 is 5.32 Å². The molecule has 21 heavy (non-hydrogen) atoms. The Kier molecular flexibility index (Phi) is 5.44. The summed E-state index contributed by atoms with van der Waals surface area (Å²) in [5, 5.41) is 3.44. The fourth-order valence-electron chi connectivity index (χ4n) is 3.02. The Morgan fingerprint density at radius 3 is 2.81 bits per heavy atom. The molecule has 0 radical (unpaired) electrons. The molecule has 1 aromatic rings. The number of ether oxygens (including phenoxy) is 1. The smallest absolute Gasteiger partial charge is 0.109 e. The van der Waals surface area contributed by atoms with Gasteiger partial charge in [0.15, 0.2) is 0 Å². The van der Waals surface area contributed by atoms with Crippen molar-refractivity contribution >= 4 is 0 Å². The van der Waals surface area contributed by atoms with E-state index < -0.39 is 0 Å². The minimum atomic E-state index is 0.237. The quantitative estimate of drug-likeness (QED) is 0.840. The van der Waals surface area contributed by atoms with Crippen LogP contribution in [0.5, 0.6) is 0 Å². The Morgan fingerprint density at radius 2 is 2.14 bits per heavy atom. The number of imidazole rings is 1. The number of rotatable bonds is 7. The molecule has 0 spiro atoms. The third-order valence-electron chi connectivity index (χ3n) is 4.23. The maximum absolute atomic E-state index is 5.27. The van der Waals surface area contributed by atoms with Crippen molar-refractivity contribution in [3.63, 3.8) is 0 Å². The third-order valence-corrected chi connectivity index (χ3v) is 4.23. The highest BCUT2D eigenvalue weighted by Crippen LogP contribution is 2.27. The molecule has 0 amide bonds.